The van der Waals surface area contributed by atoms with Crippen LogP contribution in [0.1, 0.15) is 142 Å². The minimum absolute atomic E-state index is 0.151. The summed E-state index contributed by atoms with van der Waals surface area (Å²) < 4.78 is 5.48. The summed E-state index contributed by atoms with van der Waals surface area (Å²) >= 11 is 0. The number of likely N-dealkylation sites (N-methyl/N-ethyl adjacent to an activating group) is 1. The SMILES string of the molecule is CCCCCCCCCCCCCCCCCCN(C=O)c1ccccc1COC(=O)NCCN(CC)CCCC. The number of nitrogens with zero attached hydrogens (tertiary/aromatic N) is 2. The molecule has 6 heteroatoms. The zero-order valence-corrected chi connectivity index (χ0v) is 27.0. The van der Waals surface area contributed by atoms with Crippen LogP contribution >= 0.6 is 0 Å². The number of para-hydroxylation sites is 1. The number of hydrogen-bond acceptors (Lipinski definition) is 4. The Morgan fingerprint density at radius 2 is 1.24 bits per heavy atom. The van der Waals surface area contributed by atoms with Gasteiger partial charge in [-0.3, -0.25) is 4.79 Å². The normalized spacial score (nSPS) is 11.1. The Bertz CT molecular complexity index is 758. The molecule has 6 nitrogen and oxygen atoms in total. The maximum absolute atomic E-state index is 12.3. The van der Waals surface area contributed by atoms with Gasteiger partial charge in [-0.1, -0.05) is 142 Å². The van der Waals surface area contributed by atoms with E-state index in [1.165, 1.54) is 103 Å². The van der Waals surface area contributed by atoms with Gasteiger partial charge in [0.15, 0.2) is 0 Å². The van der Waals surface area contributed by atoms with Crippen LogP contribution in [0.5, 0.6) is 0 Å². The summed E-state index contributed by atoms with van der Waals surface area (Å²) in [5, 5.41) is 2.86. The molecule has 0 aliphatic carbocycles. The molecule has 1 rings (SSSR count). The number of carbonyl (C=O) groups is 2. The number of amides is 2. The number of alkyl carbamates (subject to hydrolysis) is 1. The van der Waals surface area contributed by atoms with E-state index in [9.17, 15) is 9.59 Å². The van der Waals surface area contributed by atoms with Crippen molar-refractivity contribution in [3.8, 4) is 0 Å². The summed E-state index contributed by atoms with van der Waals surface area (Å²) in [5.74, 6) is 0. The Balaban J connectivity index is 2.18. The van der Waals surface area contributed by atoms with E-state index in [4.69, 9.17) is 4.74 Å². The quantitative estimate of drug-likeness (QED) is 0.0801. The van der Waals surface area contributed by atoms with Gasteiger partial charge in [-0.25, -0.2) is 4.79 Å². The first kappa shape index (κ1) is 36.9. The van der Waals surface area contributed by atoms with E-state index < -0.39 is 6.09 Å². The Kier molecular flexibility index (Phi) is 24.1. The number of nitrogens with one attached hydrogen (secondary N) is 1. The number of anilines is 1. The number of hydrogen-bond donors (Lipinski definition) is 1. The highest BCUT2D eigenvalue weighted by Crippen LogP contribution is 2.21. The smallest absolute Gasteiger partial charge is 0.407 e. The fourth-order valence-electron chi connectivity index (χ4n) is 5.29. The lowest BCUT2D eigenvalue weighted by atomic mass is 10.0. The minimum atomic E-state index is -0.415. The summed E-state index contributed by atoms with van der Waals surface area (Å²) in [5.41, 5.74) is 1.68. The van der Waals surface area contributed by atoms with E-state index in [1.54, 1.807) is 4.90 Å². The first-order valence-corrected chi connectivity index (χ1v) is 17.1. The number of ether oxygens (including phenoxy) is 1. The van der Waals surface area contributed by atoms with E-state index >= 15 is 0 Å². The van der Waals surface area contributed by atoms with Gasteiger partial charge in [-0.2, -0.15) is 0 Å². The molecular weight excluding hydrogens is 510 g/mol. The standard InChI is InChI=1S/C35H63N3O3/c1-4-7-9-10-11-12-13-14-15-16-17-18-19-20-21-24-29-38(32-39)34-26-23-22-25-33(34)31-41-35(40)36-27-30-37(6-3)28-8-5-2/h22-23,25-26,32H,4-21,24,27-31H2,1-3H3,(H,36,40). The lowest BCUT2D eigenvalue weighted by Gasteiger charge is -2.21. The predicted octanol–water partition coefficient (Wildman–Crippen LogP) is 9.26. The Labute approximate surface area is 253 Å². The van der Waals surface area contributed by atoms with Gasteiger partial charge in [-0.05, 0) is 32.0 Å². The highest BCUT2D eigenvalue weighted by molar-refractivity contribution is 5.77. The third-order valence-electron chi connectivity index (χ3n) is 8.01. The fourth-order valence-corrected chi connectivity index (χ4v) is 5.29. The van der Waals surface area contributed by atoms with Crippen LogP contribution in [-0.4, -0.2) is 50.1 Å². The largest absolute Gasteiger partial charge is 0.445 e. The number of unbranched alkanes of at least 4 members (excludes halogenated alkanes) is 16. The van der Waals surface area contributed by atoms with Gasteiger partial charge >= 0.3 is 6.09 Å². The zero-order chi connectivity index (χ0) is 29.8. The van der Waals surface area contributed by atoms with Gasteiger partial charge in [0.1, 0.15) is 6.61 Å². The molecule has 0 bridgehead atoms. The third kappa shape index (κ3) is 19.6. The summed E-state index contributed by atoms with van der Waals surface area (Å²) in [6.07, 6.45) is 24.2. The van der Waals surface area contributed by atoms with E-state index in [0.29, 0.717) is 13.1 Å². The van der Waals surface area contributed by atoms with Crippen LogP contribution in [0.2, 0.25) is 0 Å². The topological polar surface area (TPSA) is 61.9 Å². The van der Waals surface area contributed by atoms with Crippen molar-refractivity contribution in [2.75, 3.05) is 37.6 Å². The molecule has 1 aromatic carbocycles. The zero-order valence-electron chi connectivity index (χ0n) is 27.0. The second kappa shape index (κ2) is 26.8. The first-order chi connectivity index (χ1) is 20.2. The highest BCUT2D eigenvalue weighted by atomic mass is 16.5. The van der Waals surface area contributed by atoms with E-state index in [2.05, 4.69) is 31.0 Å². The van der Waals surface area contributed by atoms with Crippen LogP contribution in [-0.2, 0) is 16.1 Å². The Morgan fingerprint density at radius 1 is 0.707 bits per heavy atom. The molecule has 0 spiro atoms. The third-order valence-corrected chi connectivity index (χ3v) is 8.01. The van der Waals surface area contributed by atoms with Gasteiger partial charge < -0.3 is 19.9 Å². The molecule has 0 saturated carbocycles. The van der Waals surface area contributed by atoms with E-state index in [0.717, 1.165) is 50.1 Å². The molecule has 0 aliphatic heterocycles. The molecule has 41 heavy (non-hydrogen) atoms. The molecule has 0 heterocycles. The average Bonchev–Trinajstić information content (AvgIpc) is 2.99. The summed E-state index contributed by atoms with van der Waals surface area (Å²) in [6.45, 7) is 10.9. The average molecular weight is 574 g/mol. The van der Waals surface area contributed by atoms with Gasteiger partial charge in [0, 0.05) is 30.9 Å². The second-order valence-electron chi connectivity index (χ2n) is 11.5. The maximum atomic E-state index is 12.3. The van der Waals surface area contributed by atoms with Crippen LogP contribution in [0.3, 0.4) is 0 Å². The molecule has 0 aromatic heterocycles. The summed E-state index contributed by atoms with van der Waals surface area (Å²) in [7, 11) is 0. The number of rotatable bonds is 28. The van der Waals surface area contributed by atoms with E-state index in [1.807, 2.05) is 24.3 Å². The molecular formula is C35H63N3O3. The van der Waals surface area contributed by atoms with Gasteiger partial charge in [0.05, 0.1) is 0 Å². The molecule has 0 radical (unpaired) electrons. The van der Waals surface area contributed by atoms with Gasteiger partial charge in [0.2, 0.25) is 6.41 Å². The minimum Gasteiger partial charge on any atom is -0.445 e. The van der Waals surface area contributed by atoms with Crippen molar-refractivity contribution in [3.63, 3.8) is 0 Å². The lowest BCUT2D eigenvalue weighted by molar-refractivity contribution is -0.107. The monoisotopic (exact) mass is 573 g/mol. The van der Waals surface area contributed by atoms with Crippen molar-refractivity contribution >= 4 is 18.2 Å². The van der Waals surface area contributed by atoms with Crippen molar-refractivity contribution in [1.29, 1.82) is 0 Å². The van der Waals surface area contributed by atoms with Crippen molar-refractivity contribution in [1.82, 2.24) is 10.2 Å². The lowest BCUT2D eigenvalue weighted by Crippen LogP contribution is -2.35. The van der Waals surface area contributed by atoms with Crippen LogP contribution < -0.4 is 10.2 Å². The van der Waals surface area contributed by atoms with Crippen molar-refractivity contribution in [2.24, 2.45) is 0 Å². The first-order valence-electron chi connectivity index (χ1n) is 17.1. The predicted molar refractivity (Wildman–Crippen MR) is 175 cm³/mol. The molecule has 0 atom stereocenters. The molecule has 0 saturated heterocycles. The summed E-state index contributed by atoms with van der Waals surface area (Å²) in [4.78, 5) is 28.2. The van der Waals surface area contributed by atoms with Gasteiger partial charge in [-0.15, -0.1) is 0 Å². The van der Waals surface area contributed by atoms with Gasteiger partial charge in [0.25, 0.3) is 0 Å². The highest BCUT2D eigenvalue weighted by Gasteiger charge is 2.12. The molecule has 0 unspecified atom stereocenters. The molecule has 0 aliphatic rings. The molecule has 1 N–H and O–H groups in total. The van der Waals surface area contributed by atoms with Crippen LogP contribution in [0.4, 0.5) is 10.5 Å². The van der Waals surface area contributed by atoms with Crippen LogP contribution in [0, 0.1) is 0 Å². The molecule has 0 fully saturated rings. The van der Waals surface area contributed by atoms with E-state index in [-0.39, 0.29) is 6.61 Å². The van der Waals surface area contributed by atoms with Crippen molar-refractivity contribution < 1.29 is 14.3 Å². The number of benzene rings is 1. The van der Waals surface area contributed by atoms with Crippen molar-refractivity contribution in [3.05, 3.63) is 29.8 Å². The number of carbonyl (C=O) groups excluding carboxylic acids is 2. The van der Waals surface area contributed by atoms with Crippen LogP contribution in [0.25, 0.3) is 0 Å². The molecule has 236 valence electrons. The Hall–Kier alpha value is -2.08. The molecule has 2 amide bonds. The fraction of sp³-hybridized carbons (Fsp3) is 0.771. The summed E-state index contributed by atoms with van der Waals surface area (Å²) in [6, 6.07) is 7.71. The van der Waals surface area contributed by atoms with Crippen molar-refractivity contribution in [2.45, 2.75) is 143 Å². The second-order valence-corrected chi connectivity index (χ2v) is 11.5. The van der Waals surface area contributed by atoms with Crippen LogP contribution in [0.15, 0.2) is 24.3 Å². The Morgan fingerprint density at radius 3 is 1.78 bits per heavy atom. The molecule has 1 aromatic rings. The maximum Gasteiger partial charge on any atom is 0.407 e.